The third-order valence-corrected chi connectivity index (χ3v) is 4.07. The Balaban J connectivity index is 2.39. The second kappa shape index (κ2) is 2.36. The summed E-state index contributed by atoms with van der Waals surface area (Å²) in [5, 5.41) is 0. The van der Waals surface area contributed by atoms with Gasteiger partial charge in [-0.05, 0) is 14.1 Å². The van der Waals surface area contributed by atoms with Crippen molar-refractivity contribution in [2.24, 2.45) is 0 Å². The van der Waals surface area contributed by atoms with Crippen LogP contribution in [0.4, 0.5) is 0 Å². The van der Waals surface area contributed by atoms with Crippen LogP contribution in [0, 0.1) is 0 Å². The largest absolute Gasteiger partial charge is 0.250 e. The number of hydrazine groups is 1. The molecule has 0 unspecified atom stereocenters. The Morgan fingerprint density at radius 2 is 1.88 bits per heavy atom. The standard InChI is InChI=1S/C3H11N3SSi/c1-4-5(2)8-6(3)7-4/h8H2,1-3H3. The van der Waals surface area contributed by atoms with Gasteiger partial charge in [0.05, 0.1) is 0 Å². The van der Waals surface area contributed by atoms with Gasteiger partial charge in [0, 0.05) is 19.2 Å². The van der Waals surface area contributed by atoms with E-state index < -0.39 is 0 Å². The zero-order valence-corrected chi connectivity index (χ0v) is 7.69. The third kappa shape index (κ3) is 1.23. The molecule has 1 fully saturated rings. The fourth-order valence-corrected chi connectivity index (χ4v) is 3.47. The van der Waals surface area contributed by atoms with Crippen molar-refractivity contribution >= 4 is 22.0 Å². The Bertz CT molecular complexity index is 80.6. The Labute approximate surface area is 56.8 Å². The highest BCUT2D eigenvalue weighted by molar-refractivity contribution is 7.96. The monoisotopic (exact) mass is 149 g/mol. The molecule has 0 radical (unpaired) electrons. The van der Waals surface area contributed by atoms with Crippen LogP contribution in [0.3, 0.4) is 0 Å². The van der Waals surface area contributed by atoms with Crippen LogP contribution in [0.15, 0.2) is 0 Å². The first kappa shape index (κ1) is 6.57. The van der Waals surface area contributed by atoms with Crippen LogP contribution in [0.25, 0.3) is 0 Å². The van der Waals surface area contributed by atoms with E-state index in [0.29, 0.717) is 0 Å². The molecule has 0 atom stereocenters. The summed E-state index contributed by atoms with van der Waals surface area (Å²) in [5.41, 5.74) is 0. The number of hydrogen-bond acceptors (Lipinski definition) is 4. The molecular formula is C3H11N3SSi. The van der Waals surface area contributed by atoms with Crippen molar-refractivity contribution in [3.05, 3.63) is 0 Å². The second-order valence-electron chi connectivity index (χ2n) is 1.97. The van der Waals surface area contributed by atoms with Gasteiger partial charge in [0.15, 0.2) is 0 Å². The van der Waals surface area contributed by atoms with Crippen molar-refractivity contribution in [2.45, 2.75) is 0 Å². The minimum absolute atomic E-state index is 0.0999. The number of nitrogens with zero attached hydrogens (tertiary/aromatic N) is 3. The normalized spacial score (nSPS) is 30.4. The van der Waals surface area contributed by atoms with Crippen molar-refractivity contribution in [3.8, 4) is 0 Å². The zero-order chi connectivity index (χ0) is 6.15. The first-order valence-electron chi connectivity index (χ1n) is 2.54. The molecule has 1 heterocycles. The van der Waals surface area contributed by atoms with Crippen molar-refractivity contribution in [2.75, 3.05) is 21.1 Å². The molecule has 1 saturated heterocycles. The predicted octanol–water partition coefficient (Wildman–Crippen LogP) is -0.728. The Kier molecular flexibility index (Phi) is 1.94. The average Bonchev–Trinajstić information content (AvgIpc) is 1.85. The second-order valence-corrected chi connectivity index (χ2v) is 5.89. The summed E-state index contributed by atoms with van der Waals surface area (Å²) in [6.45, 7) is 0. The molecule has 1 rings (SSSR count). The summed E-state index contributed by atoms with van der Waals surface area (Å²) >= 11 is 1.78. The van der Waals surface area contributed by atoms with Crippen molar-refractivity contribution < 1.29 is 0 Å². The molecule has 3 nitrogen and oxygen atoms in total. The Morgan fingerprint density at radius 3 is 2.00 bits per heavy atom. The molecule has 0 spiro atoms. The molecule has 1 aliphatic rings. The van der Waals surface area contributed by atoms with Gasteiger partial charge in [-0.15, -0.1) is 0 Å². The van der Waals surface area contributed by atoms with E-state index in [1.165, 1.54) is 0 Å². The lowest BCUT2D eigenvalue weighted by atomic mass is 11.4. The van der Waals surface area contributed by atoms with Crippen LogP contribution in [-0.4, -0.2) is 44.0 Å². The summed E-state index contributed by atoms with van der Waals surface area (Å²) in [7, 11) is 6.25. The van der Waals surface area contributed by atoms with Crippen molar-refractivity contribution in [1.82, 2.24) is 13.1 Å². The topological polar surface area (TPSA) is 9.72 Å². The van der Waals surface area contributed by atoms with Crippen molar-refractivity contribution in [3.63, 3.8) is 0 Å². The maximum absolute atomic E-state index is 2.31. The van der Waals surface area contributed by atoms with Crippen LogP contribution in [0.1, 0.15) is 0 Å². The van der Waals surface area contributed by atoms with Crippen LogP contribution in [0.2, 0.25) is 0 Å². The van der Waals surface area contributed by atoms with Gasteiger partial charge in [-0.3, -0.25) is 3.97 Å². The molecule has 0 aromatic heterocycles. The van der Waals surface area contributed by atoms with Crippen LogP contribution < -0.4 is 0 Å². The van der Waals surface area contributed by atoms with Gasteiger partial charge >= 0.3 is 0 Å². The van der Waals surface area contributed by atoms with E-state index in [0.717, 1.165) is 0 Å². The minimum Gasteiger partial charge on any atom is -0.250 e. The highest BCUT2D eigenvalue weighted by Crippen LogP contribution is 2.18. The Hall–Kier alpha value is 0.447. The van der Waals surface area contributed by atoms with E-state index >= 15 is 0 Å². The average molecular weight is 149 g/mol. The molecule has 0 aromatic rings. The van der Waals surface area contributed by atoms with E-state index in [4.69, 9.17) is 0 Å². The first-order chi connectivity index (χ1) is 3.70. The molecule has 1 aliphatic heterocycles. The van der Waals surface area contributed by atoms with E-state index in [-0.39, 0.29) is 9.84 Å². The van der Waals surface area contributed by atoms with Crippen LogP contribution in [0.5, 0.6) is 0 Å². The van der Waals surface area contributed by atoms with Gasteiger partial charge in [-0.25, -0.2) is 4.67 Å². The van der Waals surface area contributed by atoms with Crippen molar-refractivity contribution in [1.29, 1.82) is 0 Å². The quantitative estimate of drug-likeness (QED) is 0.332. The number of hydrogen-bond donors (Lipinski definition) is 0. The summed E-state index contributed by atoms with van der Waals surface area (Å²) in [5.74, 6) is 0. The molecular weight excluding hydrogens is 138 g/mol. The highest BCUT2D eigenvalue weighted by atomic mass is 32.2. The summed E-state index contributed by atoms with van der Waals surface area (Å²) in [4.78, 5) is 0. The lowest BCUT2D eigenvalue weighted by molar-refractivity contribution is 0.275. The summed E-state index contributed by atoms with van der Waals surface area (Å²) in [6, 6.07) is 0. The summed E-state index contributed by atoms with van der Waals surface area (Å²) in [6.07, 6.45) is 0. The van der Waals surface area contributed by atoms with Gasteiger partial charge in [0.25, 0.3) is 0 Å². The highest BCUT2D eigenvalue weighted by Gasteiger charge is 2.19. The molecule has 48 valence electrons. The molecule has 0 aliphatic carbocycles. The minimum atomic E-state index is -0.0999. The molecule has 0 aromatic carbocycles. The van der Waals surface area contributed by atoms with E-state index in [1.807, 2.05) is 0 Å². The van der Waals surface area contributed by atoms with E-state index in [1.54, 1.807) is 12.1 Å². The lowest BCUT2D eigenvalue weighted by Gasteiger charge is -2.13. The van der Waals surface area contributed by atoms with E-state index in [9.17, 15) is 0 Å². The smallest absolute Gasteiger partial charge is 0.200 e. The maximum atomic E-state index is 2.31. The van der Waals surface area contributed by atoms with Crippen LogP contribution >= 0.6 is 12.1 Å². The molecule has 0 N–H and O–H groups in total. The first-order valence-corrected chi connectivity index (χ1v) is 4.53. The van der Waals surface area contributed by atoms with E-state index in [2.05, 4.69) is 34.2 Å². The van der Waals surface area contributed by atoms with Gasteiger partial charge < -0.3 is 0 Å². The molecule has 8 heavy (non-hydrogen) atoms. The van der Waals surface area contributed by atoms with Gasteiger partial charge in [-0.2, -0.15) is 4.41 Å². The Morgan fingerprint density at radius 1 is 1.25 bits per heavy atom. The van der Waals surface area contributed by atoms with Gasteiger partial charge in [0.2, 0.25) is 9.84 Å². The molecule has 0 saturated carbocycles. The number of rotatable bonds is 0. The fourth-order valence-electron chi connectivity index (χ4n) is 0.667. The molecule has 5 heteroatoms. The van der Waals surface area contributed by atoms with Gasteiger partial charge in [0.1, 0.15) is 0 Å². The van der Waals surface area contributed by atoms with Crippen LogP contribution in [-0.2, 0) is 0 Å². The lowest BCUT2D eigenvalue weighted by Crippen LogP contribution is -2.29. The predicted molar refractivity (Wildman–Crippen MR) is 39.4 cm³/mol. The maximum Gasteiger partial charge on any atom is 0.200 e. The zero-order valence-electron chi connectivity index (χ0n) is 5.46. The van der Waals surface area contributed by atoms with Gasteiger partial charge in [-0.1, -0.05) is 0 Å². The SMILES string of the molecule is CN1[SiH2]N(C)N(C)S1. The third-order valence-electron chi connectivity index (χ3n) is 1.14. The molecule has 0 amide bonds. The fraction of sp³-hybridized carbons (Fsp3) is 1.00. The molecule has 0 bridgehead atoms. The summed E-state index contributed by atoms with van der Waals surface area (Å²) < 4.78 is 6.75.